The van der Waals surface area contributed by atoms with Gasteiger partial charge in [0.15, 0.2) is 8.32 Å². The van der Waals surface area contributed by atoms with Crippen molar-refractivity contribution in [3.63, 3.8) is 0 Å². The average Bonchev–Trinajstić information content (AvgIpc) is 3.11. The van der Waals surface area contributed by atoms with Crippen molar-refractivity contribution in [2.45, 2.75) is 51.4 Å². The van der Waals surface area contributed by atoms with Gasteiger partial charge in [0.2, 0.25) is 0 Å². The van der Waals surface area contributed by atoms with Crippen molar-refractivity contribution in [2.75, 3.05) is 18.0 Å². The summed E-state index contributed by atoms with van der Waals surface area (Å²) in [6.45, 7) is 12.7. The van der Waals surface area contributed by atoms with Crippen LogP contribution in [0.4, 0.5) is 11.4 Å². The smallest absolute Gasteiger partial charge is 0.294 e. The number of rotatable bonds is 4. The van der Waals surface area contributed by atoms with Gasteiger partial charge in [-0.3, -0.25) is 14.8 Å². The van der Waals surface area contributed by atoms with E-state index in [1.807, 2.05) is 6.07 Å². The first-order valence-corrected chi connectivity index (χ1v) is 11.9. The van der Waals surface area contributed by atoms with Crippen molar-refractivity contribution >= 4 is 30.6 Å². The molecule has 1 aliphatic heterocycles. The Hall–Kier alpha value is -1.93. The minimum absolute atomic E-state index is 0.125. The van der Waals surface area contributed by atoms with Gasteiger partial charge >= 0.3 is 0 Å². The molecule has 2 heterocycles. The van der Waals surface area contributed by atoms with Gasteiger partial charge in [-0.05, 0) is 30.6 Å². The normalized spacial score (nSPS) is 18.7. The second-order valence-electron chi connectivity index (χ2n) is 8.66. The first-order valence-electron chi connectivity index (χ1n) is 9.02. The Balaban J connectivity index is 1.86. The van der Waals surface area contributed by atoms with Crippen molar-refractivity contribution in [1.29, 1.82) is 0 Å². The molecule has 1 fully saturated rings. The van der Waals surface area contributed by atoms with Crippen LogP contribution in [0.1, 0.15) is 27.2 Å². The fourth-order valence-electron chi connectivity index (χ4n) is 3.21. The van der Waals surface area contributed by atoms with E-state index >= 15 is 0 Å². The molecule has 0 saturated carbocycles. The van der Waals surface area contributed by atoms with Crippen LogP contribution in [0, 0.1) is 10.1 Å². The van der Waals surface area contributed by atoms with Gasteiger partial charge < -0.3 is 9.33 Å². The number of fused-ring (bicyclic) bond motifs is 1. The maximum absolute atomic E-state index is 11.6. The van der Waals surface area contributed by atoms with Crippen LogP contribution in [0.2, 0.25) is 18.1 Å². The van der Waals surface area contributed by atoms with E-state index in [2.05, 4.69) is 43.9 Å². The summed E-state index contributed by atoms with van der Waals surface area (Å²) in [4.78, 5) is 13.4. The summed E-state index contributed by atoms with van der Waals surface area (Å²) >= 11 is 0. The van der Waals surface area contributed by atoms with Gasteiger partial charge in [0.05, 0.1) is 22.7 Å². The highest BCUT2D eigenvalue weighted by Gasteiger charge is 2.41. The third-order valence-electron chi connectivity index (χ3n) is 5.79. The predicted octanol–water partition coefficient (Wildman–Crippen LogP) is 4.08. The lowest BCUT2D eigenvalue weighted by Crippen LogP contribution is -2.44. The van der Waals surface area contributed by atoms with Crippen molar-refractivity contribution in [3.05, 3.63) is 28.4 Å². The van der Waals surface area contributed by atoms with Gasteiger partial charge in [-0.15, -0.1) is 0 Å². The molecule has 0 N–H and O–H groups in total. The van der Waals surface area contributed by atoms with Gasteiger partial charge in [0.25, 0.3) is 5.69 Å². The number of hydrogen-bond donors (Lipinski definition) is 0. The van der Waals surface area contributed by atoms with Crippen LogP contribution in [0.3, 0.4) is 0 Å². The summed E-state index contributed by atoms with van der Waals surface area (Å²) in [6.07, 6.45) is 2.77. The quantitative estimate of drug-likeness (QED) is 0.457. The molecule has 0 aliphatic carbocycles. The molecule has 1 aromatic heterocycles. The molecule has 8 heteroatoms. The van der Waals surface area contributed by atoms with E-state index in [0.717, 1.165) is 23.9 Å². The molecular weight excluding hydrogens is 348 g/mol. The Labute approximate surface area is 155 Å². The monoisotopic (exact) mass is 376 g/mol. The molecule has 0 bridgehead atoms. The third kappa shape index (κ3) is 3.35. The van der Waals surface area contributed by atoms with Crippen molar-refractivity contribution in [2.24, 2.45) is 7.05 Å². The maximum Gasteiger partial charge on any atom is 0.294 e. The maximum atomic E-state index is 11.6. The van der Waals surface area contributed by atoms with Crippen molar-refractivity contribution in [1.82, 2.24) is 9.78 Å². The minimum Gasteiger partial charge on any atom is -0.412 e. The zero-order valence-electron chi connectivity index (χ0n) is 16.4. The molecule has 142 valence electrons. The molecule has 0 unspecified atom stereocenters. The summed E-state index contributed by atoms with van der Waals surface area (Å²) in [5.41, 5.74) is 1.57. The summed E-state index contributed by atoms with van der Waals surface area (Å²) in [5, 5.41) is 16.9. The Morgan fingerprint density at radius 1 is 1.35 bits per heavy atom. The topological polar surface area (TPSA) is 73.4 Å². The zero-order valence-corrected chi connectivity index (χ0v) is 17.4. The van der Waals surface area contributed by atoms with Gasteiger partial charge in [-0.25, -0.2) is 0 Å². The number of hydrogen-bond acceptors (Lipinski definition) is 5. The third-order valence-corrected chi connectivity index (χ3v) is 10.3. The average molecular weight is 377 g/mol. The molecule has 2 aromatic rings. The number of aromatic nitrogens is 2. The second kappa shape index (κ2) is 6.35. The summed E-state index contributed by atoms with van der Waals surface area (Å²) < 4.78 is 8.18. The van der Waals surface area contributed by atoms with Crippen LogP contribution in [0.25, 0.3) is 10.9 Å². The van der Waals surface area contributed by atoms with E-state index < -0.39 is 8.32 Å². The summed E-state index contributed by atoms with van der Waals surface area (Å²) in [6, 6.07) is 3.51. The minimum atomic E-state index is -1.85. The lowest BCUT2D eigenvalue weighted by molar-refractivity contribution is -0.384. The number of nitro groups is 1. The van der Waals surface area contributed by atoms with Gasteiger partial charge in [0, 0.05) is 31.6 Å². The molecule has 3 rings (SSSR count). The van der Waals surface area contributed by atoms with E-state index in [9.17, 15) is 10.1 Å². The van der Waals surface area contributed by atoms with E-state index in [1.54, 1.807) is 24.0 Å². The fraction of sp³-hybridized carbons (Fsp3) is 0.611. The van der Waals surface area contributed by atoms with Crippen LogP contribution >= 0.6 is 0 Å². The number of aryl methyl sites for hydroxylation is 1. The predicted molar refractivity (Wildman–Crippen MR) is 106 cm³/mol. The number of nitro benzene ring substituents is 1. The lowest BCUT2D eigenvalue weighted by Gasteiger charge is -2.38. The second-order valence-corrected chi connectivity index (χ2v) is 13.4. The molecule has 0 spiro atoms. The first kappa shape index (κ1) is 18.8. The van der Waals surface area contributed by atoms with Crippen LogP contribution in [0.5, 0.6) is 0 Å². The SMILES string of the molecule is Cn1ncc2cc(N3CC[C@H](O[Si](C)(C)C(C)(C)C)C3)c([N+](=O)[O-])cc21. The van der Waals surface area contributed by atoms with Crippen molar-refractivity contribution < 1.29 is 9.35 Å². The molecule has 0 amide bonds. The molecule has 26 heavy (non-hydrogen) atoms. The van der Waals surface area contributed by atoms with E-state index in [-0.39, 0.29) is 21.8 Å². The molecule has 0 radical (unpaired) electrons. The molecule has 1 saturated heterocycles. The number of anilines is 1. The first-order chi connectivity index (χ1) is 12.0. The Morgan fingerprint density at radius 3 is 2.65 bits per heavy atom. The van der Waals surface area contributed by atoms with Gasteiger partial charge in [0.1, 0.15) is 5.69 Å². The van der Waals surface area contributed by atoms with E-state index in [4.69, 9.17) is 4.43 Å². The molecule has 7 nitrogen and oxygen atoms in total. The summed E-state index contributed by atoms with van der Waals surface area (Å²) in [7, 11) is -0.0538. The van der Waals surface area contributed by atoms with Crippen molar-refractivity contribution in [3.8, 4) is 0 Å². The van der Waals surface area contributed by atoms with Crippen LogP contribution in [-0.2, 0) is 11.5 Å². The summed E-state index contributed by atoms with van der Waals surface area (Å²) in [5.74, 6) is 0. The molecule has 1 aromatic carbocycles. The lowest BCUT2D eigenvalue weighted by atomic mass is 10.2. The van der Waals surface area contributed by atoms with E-state index in [0.29, 0.717) is 12.2 Å². The zero-order chi connectivity index (χ0) is 19.3. The van der Waals surface area contributed by atoms with Gasteiger partial charge in [-0.2, -0.15) is 5.10 Å². The van der Waals surface area contributed by atoms with Gasteiger partial charge in [-0.1, -0.05) is 20.8 Å². The van der Waals surface area contributed by atoms with Crippen LogP contribution in [0.15, 0.2) is 18.3 Å². The van der Waals surface area contributed by atoms with Crippen LogP contribution in [-0.4, -0.2) is 42.2 Å². The van der Waals surface area contributed by atoms with E-state index in [1.165, 1.54) is 0 Å². The fourth-order valence-corrected chi connectivity index (χ4v) is 4.59. The highest BCUT2D eigenvalue weighted by Crippen LogP contribution is 2.40. The Kier molecular flexibility index (Phi) is 4.60. The Morgan fingerprint density at radius 2 is 2.04 bits per heavy atom. The largest absolute Gasteiger partial charge is 0.412 e. The number of benzene rings is 1. The number of nitrogens with zero attached hydrogens (tertiary/aromatic N) is 4. The molecular formula is C18H28N4O3Si. The molecule has 1 atom stereocenters. The highest BCUT2D eigenvalue weighted by molar-refractivity contribution is 6.74. The highest BCUT2D eigenvalue weighted by atomic mass is 28.4. The Bertz CT molecular complexity index is 841. The standard InChI is InChI=1S/C18H28N4O3Si/c1-18(2,3)26(5,6)25-14-7-8-21(12-14)16-9-13-11-19-20(4)15(13)10-17(16)22(23)24/h9-11,14H,7-8,12H2,1-6H3/t14-/m0/s1. The molecule has 1 aliphatic rings. The van der Waals surface area contributed by atoms with Crippen LogP contribution < -0.4 is 4.90 Å².